The summed E-state index contributed by atoms with van der Waals surface area (Å²) >= 11 is 0. The number of nitrogens with zero attached hydrogens (tertiary/aromatic N) is 3. The number of nitrogens with one attached hydrogen (secondary N) is 1. The standard InChI is InChI=1S/C12H20N4O2/c1-8-6-18-10(5-17)4-16(8)12-9(2)11(13-3)14-7-15-12/h7-8,10,17H,4-6H2,1-3H3,(H,13,14,15). The molecule has 1 aromatic rings. The number of anilines is 2. The van der Waals surface area contributed by atoms with Gasteiger partial charge in [0.15, 0.2) is 0 Å². The highest BCUT2D eigenvalue weighted by atomic mass is 16.5. The SMILES string of the molecule is CNc1ncnc(N2CC(CO)OCC2C)c1C. The van der Waals surface area contributed by atoms with Gasteiger partial charge in [0.2, 0.25) is 0 Å². The number of rotatable bonds is 3. The Hall–Kier alpha value is -1.40. The number of morpholine rings is 1. The Bertz CT molecular complexity index is 413. The molecule has 0 bridgehead atoms. The van der Waals surface area contributed by atoms with Gasteiger partial charge in [-0.25, -0.2) is 9.97 Å². The van der Waals surface area contributed by atoms with Gasteiger partial charge in [0.05, 0.1) is 25.4 Å². The third kappa shape index (κ3) is 2.39. The van der Waals surface area contributed by atoms with Gasteiger partial charge in [0.25, 0.3) is 0 Å². The molecule has 1 aromatic heterocycles. The number of hydrogen-bond acceptors (Lipinski definition) is 6. The average molecular weight is 252 g/mol. The van der Waals surface area contributed by atoms with Crippen molar-refractivity contribution in [1.29, 1.82) is 0 Å². The van der Waals surface area contributed by atoms with Crippen LogP contribution in [0.4, 0.5) is 11.6 Å². The maximum atomic E-state index is 9.22. The second-order valence-corrected chi connectivity index (χ2v) is 4.56. The van der Waals surface area contributed by atoms with E-state index in [2.05, 4.69) is 27.1 Å². The van der Waals surface area contributed by atoms with Gasteiger partial charge in [-0.2, -0.15) is 0 Å². The zero-order valence-corrected chi connectivity index (χ0v) is 11.1. The van der Waals surface area contributed by atoms with Crippen LogP contribution in [0.5, 0.6) is 0 Å². The number of ether oxygens (including phenoxy) is 1. The summed E-state index contributed by atoms with van der Waals surface area (Å²) < 4.78 is 5.54. The molecule has 1 saturated heterocycles. The molecule has 0 amide bonds. The van der Waals surface area contributed by atoms with Crippen molar-refractivity contribution in [2.45, 2.75) is 26.0 Å². The molecule has 2 N–H and O–H groups in total. The van der Waals surface area contributed by atoms with E-state index >= 15 is 0 Å². The predicted molar refractivity (Wildman–Crippen MR) is 69.9 cm³/mol. The molecule has 0 saturated carbocycles. The summed E-state index contributed by atoms with van der Waals surface area (Å²) in [6, 6.07) is 0.242. The van der Waals surface area contributed by atoms with Crippen molar-refractivity contribution in [3.05, 3.63) is 11.9 Å². The van der Waals surface area contributed by atoms with Gasteiger partial charge in [-0.15, -0.1) is 0 Å². The lowest BCUT2D eigenvalue weighted by Gasteiger charge is -2.38. The topological polar surface area (TPSA) is 70.5 Å². The maximum Gasteiger partial charge on any atom is 0.137 e. The van der Waals surface area contributed by atoms with Gasteiger partial charge < -0.3 is 20.1 Å². The van der Waals surface area contributed by atoms with E-state index in [4.69, 9.17) is 4.74 Å². The first kappa shape index (κ1) is 13.0. The first-order valence-electron chi connectivity index (χ1n) is 6.15. The van der Waals surface area contributed by atoms with E-state index in [1.54, 1.807) is 6.33 Å². The van der Waals surface area contributed by atoms with Crippen LogP contribution in [0, 0.1) is 6.92 Å². The van der Waals surface area contributed by atoms with Crippen molar-refractivity contribution >= 4 is 11.6 Å². The highest BCUT2D eigenvalue weighted by Gasteiger charge is 2.28. The van der Waals surface area contributed by atoms with E-state index in [0.29, 0.717) is 13.2 Å². The van der Waals surface area contributed by atoms with Crippen LogP contribution >= 0.6 is 0 Å². The number of aromatic nitrogens is 2. The second kappa shape index (κ2) is 5.49. The lowest BCUT2D eigenvalue weighted by Crippen LogP contribution is -2.50. The fourth-order valence-corrected chi connectivity index (χ4v) is 2.21. The van der Waals surface area contributed by atoms with Crippen molar-refractivity contribution in [2.75, 3.05) is 37.0 Å². The Kier molecular flexibility index (Phi) is 3.98. The Morgan fingerprint density at radius 1 is 1.56 bits per heavy atom. The molecule has 1 aliphatic heterocycles. The maximum absolute atomic E-state index is 9.22. The molecule has 1 fully saturated rings. The van der Waals surface area contributed by atoms with E-state index in [9.17, 15) is 5.11 Å². The van der Waals surface area contributed by atoms with Crippen molar-refractivity contribution in [1.82, 2.24) is 9.97 Å². The fraction of sp³-hybridized carbons (Fsp3) is 0.667. The van der Waals surface area contributed by atoms with Crippen LogP contribution in [-0.4, -0.2) is 54.0 Å². The molecule has 2 atom stereocenters. The van der Waals surface area contributed by atoms with Crippen LogP contribution in [0.3, 0.4) is 0 Å². The number of hydrogen-bond donors (Lipinski definition) is 2. The first-order valence-corrected chi connectivity index (χ1v) is 6.15. The zero-order valence-electron chi connectivity index (χ0n) is 11.1. The van der Waals surface area contributed by atoms with Crippen LogP contribution < -0.4 is 10.2 Å². The van der Waals surface area contributed by atoms with E-state index in [1.165, 1.54) is 0 Å². The fourth-order valence-electron chi connectivity index (χ4n) is 2.21. The Morgan fingerprint density at radius 2 is 2.33 bits per heavy atom. The summed E-state index contributed by atoms with van der Waals surface area (Å²) in [5, 5.41) is 12.3. The lowest BCUT2D eigenvalue weighted by molar-refractivity contribution is -0.0106. The van der Waals surface area contributed by atoms with Crippen LogP contribution in [0.15, 0.2) is 6.33 Å². The zero-order chi connectivity index (χ0) is 13.1. The molecule has 0 aromatic carbocycles. The third-order valence-corrected chi connectivity index (χ3v) is 3.28. The monoisotopic (exact) mass is 252 g/mol. The van der Waals surface area contributed by atoms with Crippen molar-refractivity contribution in [3.63, 3.8) is 0 Å². The largest absolute Gasteiger partial charge is 0.394 e. The quantitative estimate of drug-likeness (QED) is 0.812. The molecule has 2 unspecified atom stereocenters. The summed E-state index contributed by atoms with van der Waals surface area (Å²) in [5.74, 6) is 1.74. The summed E-state index contributed by atoms with van der Waals surface area (Å²) in [6.07, 6.45) is 1.42. The van der Waals surface area contributed by atoms with Crippen LogP contribution in [0.25, 0.3) is 0 Å². The summed E-state index contributed by atoms with van der Waals surface area (Å²) in [6.45, 7) is 5.37. The average Bonchev–Trinajstić information content (AvgIpc) is 2.40. The van der Waals surface area contributed by atoms with Gasteiger partial charge >= 0.3 is 0 Å². The second-order valence-electron chi connectivity index (χ2n) is 4.56. The molecule has 2 rings (SSSR count). The van der Waals surface area contributed by atoms with E-state index in [-0.39, 0.29) is 18.8 Å². The highest BCUT2D eigenvalue weighted by Crippen LogP contribution is 2.26. The van der Waals surface area contributed by atoms with E-state index < -0.39 is 0 Å². The summed E-state index contributed by atoms with van der Waals surface area (Å²) in [4.78, 5) is 10.7. The predicted octanol–water partition coefficient (Wildman–Crippen LogP) is 0.413. The molecule has 6 nitrogen and oxygen atoms in total. The molecule has 2 heterocycles. The van der Waals surface area contributed by atoms with Crippen LogP contribution in [0.2, 0.25) is 0 Å². The Balaban J connectivity index is 2.28. The molecule has 6 heteroatoms. The number of aliphatic hydroxyl groups excluding tert-OH is 1. The molecule has 0 radical (unpaired) electrons. The molecule has 0 aliphatic carbocycles. The molecule has 100 valence electrons. The van der Waals surface area contributed by atoms with Crippen molar-refractivity contribution < 1.29 is 9.84 Å². The third-order valence-electron chi connectivity index (χ3n) is 3.28. The first-order chi connectivity index (χ1) is 8.67. The van der Waals surface area contributed by atoms with Gasteiger partial charge in [-0.1, -0.05) is 0 Å². The molecule has 18 heavy (non-hydrogen) atoms. The van der Waals surface area contributed by atoms with Crippen molar-refractivity contribution in [2.24, 2.45) is 0 Å². The molecule has 0 spiro atoms. The van der Waals surface area contributed by atoms with Crippen molar-refractivity contribution in [3.8, 4) is 0 Å². The Labute approximate surface area is 107 Å². The molecule has 1 aliphatic rings. The summed E-state index contributed by atoms with van der Waals surface area (Å²) in [7, 11) is 1.85. The Morgan fingerprint density at radius 3 is 3.00 bits per heavy atom. The minimum absolute atomic E-state index is 0.0340. The number of aliphatic hydroxyl groups is 1. The molecular formula is C12H20N4O2. The van der Waals surface area contributed by atoms with Crippen LogP contribution in [0.1, 0.15) is 12.5 Å². The van der Waals surface area contributed by atoms with Gasteiger partial charge in [-0.05, 0) is 13.8 Å². The van der Waals surface area contributed by atoms with Gasteiger partial charge in [-0.3, -0.25) is 0 Å². The lowest BCUT2D eigenvalue weighted by atomic mass is 10.1. The smallest absolute Gasteiger partial charge is 0.137 e. The van der Waals surface area contributed by atoms with E-state index in [0.717, 1.165) is 17.2 Å². The summed E-state index contributed by atoms with van der Waals surface area (Å²) in [5.41, 5.74) is 1.02. The highest BCUT2D eigenvalue weighted by molar-refractivity contribution is 5.58. The van der Waals surface area contributed by atoms with Crippen LogP contribution in [-0.2, 0) is 4.74 Å². The van der Waals surface area contributed by atoms with Gasteiger partial charge in [0, 0.05) is 19.2 Å². The van der Waals surface area contributed by atoms with E-state index in [1.807, 2.05) is 14.0 Å². The normalized spacial score (nSPS) is 24.1. The minimum Gasteiger partial charge on any atom is -0.394 e. The minimum atomic E-state index is -0.145. The van der Waals surface area contributed by atoms with Gasteiger partial charge in [0.1, 0.15) is 18.0 Å². The molecular weight excluding hydrogens is 232 g/mol.